The lowest BCUT2D eigenvalue weighted by Gasteiger charge is -2.28. The van der Waals surface area contributed by atoms with E-state index in [2.05, 4.69) is 15.6 Å². The third kappa shape index (κ3) is 4.66. The molecular formula is C25H34N6O4S. The molecule has 36 heavy (non-hydrogen) atoms. The Labute approximate surface area is 214 Å². The monoisotopic (exact) mass is 514 g/mol. The minimum absolute atomic E-state index is 0.174. The SMILES string of the molecule is COC1(CNc2nc(C)c(-c3nc4c(C)nccc4s3)c(N[C@@H]3C[C@H](C(C)(C)O)[C@@H](O)[C@H]3O)n2)CC1. The number of anilines is 2. The summed E-state index contributed by atoms with van der Waals surface area (Å²) in [5.74, 6) is 0.485. The summed E-state index contributed by atoms with van der Waals surface area (Å²) in [6.07, 6.45) is 2.01. The van der Waals surface area contributed by atoms with Crippen molar-refractivity contribution >= 4 is 33.3 Å². The van der Waals surface area contributed by atoms with Crippen LogP contribution in [-0.4, -0.2) is 78.4 Å². The van der Waals surface area contributed by atoms with E-state index in [9.17, 15) is 15.3 Å². The molecule has 2 fully saturated rings. The second-order valence-electron chi connectivity index (χ2n) is 10.6. The molecule has 2 saturated carbocycles. The molecule has 3 heterocycles. The summed E-state index contributed by atoms with van der Waals surface area (Å²) < 4.78 is 6.63. The zero-order valence-corrected chi connectivity index (χ0v) is 22.1. The van der Waals surface area contributed by atoms with E-state index in [0.717, 1.165) is 45.0 Å². The summed E-state index contributed by atoms with van der Waals surface area (Å²) in [5, 5.41) is 39.4. The molecule has 3 aromatic heterocycles. The van der Waals surface area contributed by atoms with E-state index >= 15 is 0 Å². The summed E-state index contributed by atoms with van der Waals surface area (Å²) in [7, 11) is 1.71. The molecule has 2 aliphatic rings. The summed E-state index contributed by atoms with van der Waals surface area (Å²) in [5.41, 5.74) is 1.84. The number of aromatic nitrogens is 4. The number of aliphatic hydroxyl groups is 3. The van der Waals surface area contributed by atoms with E-state index < -0.39 is 29.8 Å². The van der Waals surface area contributed by atoms with Crippen molar-refractivity contribution in [3.05, 3.63) is 23.7 Å². The van der Waals surface area contributed by atoms with E-state index in [-0.39, 0.29) is 5.60 Å². The fourth-order valence-electron chi connectivity index (χ4n) is 4.99. The molecule has 11 heteroatoms. The molecule has 3 aromatic rings. The Bertz CT molecular complexity index is 1270. The van der Waals surface area contributed by atoms with Crippen LogP contribution in [0.2, 0.25) is 0 Å². The van der Waals surface area contributed by atoms with Crippen LogP contribution in [0.15, 0.2) is 12.3 Å². The smallest absolute Gasteiger partial charge is 0.225 e. The van der Waals surface area contributed by atoms with Crippen molar-refractivity contribution in [1.82, 2.24) is 19.9 Å². The standard InChI is InChI=1S/C25H34N6O4S/c1-12-17(22-30-18-13(2)26-9-6-16(18)36-22)21(31-23(28-12)27-11-25(35-5)7-8-25)29-15-10-14(24(3,4)34)19(32)20(15)33/h6,9,14-15,19-20,32-34H,7-8,10-11H2,1-5H3,(H2,27,28,29,31)/t14-,15+,19+,20-/m0/s1. The van der Waals surface area contributed by atoms with Gasteiger partial charge in [0.2, 0.25) is 5.95 Å². The molecule has 0 aliphatic heterocycles. The third-order valence-electron chi connectivity index (χ3n) is 7.52. The largest absolute Gasteiger partial charge is 0.390 e. The molecule has 5 rings (SSSR count). The van der Waals surface area contributed by atoms with Crippen molar-refractivity contribution < 1.29 is 20.1 Å². The second-order valence-corrected chi connectivity index (χ2v) is 11.6. The molecule has 0 saturated heterocycles. The van der Waals surface area contributed by atoms with Crippen LogP contribution in [0.25, 0.3) is 20.8 Å². The topological polar surface area (TPSA) is 146 Å². The molecule has 10 nitrogen and oxygen atoms in total. The number of aliphatic hydroxyl groups excluding tert-OH is 2. The first-order valence-corrected chi connectivity index (χ1v) is 13.1. The summed E-state index contributed by atoms with van der Waals surface area (Å²) in [6, 6.07) is 1.43. The summed E-state index contributed by atoms with van der Waals surface area (Å²) in [4.78, 5) is 18.7. The number of pyridine rings is 1. The van der Waals surface area contributed by atoms with Gasteiger partial charge in [-0.15, -0.1) is 11.3 Å². The lowest BCUT2D eigenvalue weighted by molar-refractivity contribution is -0.0601. The molecule has 4 atom stereocenters. The van der Waals surface area contributed by atoms with E-state index in [1.807, 2.05) is 19.9 Å². The summed E-state index contributed by atoms with van der Waals surface area (Å²) >= 11 is 1.53. The highest BCUT2D eigenvalue weighted by atomic mass is 32.1. The van der Waals surface area contributed by atoms with E-state index in [1.54, 1.807) is 27.2 Å². The van der Waals surface area contributed by atoms with Gasteiger partial charge in [0.1, 0.15) is 22.4 Å². The predicted octanol–water partition coefficient (Wildman–Crippen LogP) is 2.65. The predicted molar refractivity (Wildman–Crippen MR) is 139 cm³/mol. The molecule has 0 bridgehead atoms. The number of nitrogens with zero attached hydrogens (tertiary/aromatic N) is 4. The Morgan fingerprint density at radius 3 is 2.50 bits per heavy atom. The highest BCUT2D eigenvalue weighted by Crippen LogP contribution is 2.41. The van der Waals surface area contributed by atoms with Crippen LogP contribution in [-0.2, 0) is 4.74 Å². The number of rotatable bonds is 8. The van der Waals surface area contributed by atoms with Gasteiger partial charge in [-0.2, -0.15) is 4.98 Å². The fraction of sp³-hybridized carbons (Fsp3) is 0.600. The van der Waals surface area contributed by atoms with Crippen molar-refractivity contribution in [2.75, 3.05) is 24.3 Å². The fourth-order valence-corrected chi connectivity index (χ4v) is 6.10. The minimum atomic E-state index is -1.13. The molecule has 0 aromatic carbocycles. The first-order valence-electron chi connectivity index (χ1n) is 12.3. The first-order chi connectivity index (χ1) is 17.0. The van der Waals surface area contributed by atoms with E-state index in [1.165, 1.54) is 11.3 Å². The molecule has 0 radical (unpaired) electrons. The lowest BCUT2D eigenvalue weighted by atomic mass is 9.88. The van der Waals surface area contributed by atoms with Crippen LogP contribution in [0, 0.1) is 19.8 Å². The van der Waals surface area contributed by atoms with Gasteiger partial charge in [0.05, 0.1) is 45.0 Å². The highest BCUT2D eigenvalue weighted by molar-refractivity contribution is 7.21. The van der Waals surface area contributed by atoms with Gasteiger partial charge in [0.15, 0.2) is 0 Å². The maximum Gasteiger partial charge on any atom is 0.225 e. The molecule has 0 unspecified atom stereocenters. The van der Waals surface area contributed by atoms with Gasteiger partial charge in [0.25, 0.3) is 0 Å². The molecule has 0 amide bonds. The molecule has 2 aliphatic carbocycles. The normalized spacial score (nSPS) is 25.3. The Hall–Kier alpha value is -2.44. The van der Waals surface area contributed by atoms with Crippen LogP contribution in [0.4, 0.5) is 11.8 Å². The van der Waals surface area contributed by atoms with Crippen LogP contribution in [0.1, 0.15) is 44.5 Å². The van der Waals surface area contributed by atoms with E-state index in [4.69, 9.17) is 19.7 Å². The van der Waals surface area contributed by atoms with Gasteiger partial charge in [-0.1, -0.05) is 0 Å². The van der Waals surface area contributed by atoms with Crippen LogP contribution in [0.3, 0.4) is 0 Å². The average molecular weight is 515 g/mol. The number of aryl methyl sites for hydroxylation is 2. The highest BCUT2D eigenvalue weighted by Gasteiger charge is 2.48. The van der Waals surface area contributed by atoms with Gasteiger partial charge in [0, 0.05) is 25.8 Å². The number of ether oxygens (including phenoxy) is 1. The molecule has 5 N–H and O–H groups in total. The van der Waals surface area contributed by atoms with Crippen molar-refractivity contribution in [1.29, 1.82) is 0 Å². The first kappa shape index (κ1) is 25.2. The molecule has 0 spiro atoms. The van der Waals surface area contributed by atoms with Crippen molar-refractivity contribution in [3.8, 4) is 10.6 Å². The maximum absolute atomic E-state index is 10.8. The number of nitrogens with one attached hydrogen (secondary N) is 2. The number of thiazole rings is 1. The Kier molecular flexibility index (Phi) is 6.40. The van der Waals surface area contributed by atoms with Crippen molar-refractivity contribution in [3.63, 3.8) is 0 Å². The van der Waals surface area contributed by atoms with Gasteiger partial charge in [-0.3, -0.25) is 4.98 Å². The zero-order valence-electron chi connectivity index (χ0n) is 21.2. The lowest BCUT2D eigenvalue weighted by Crippen LogP contribution is -2.40. The van der Waals surface area contributed by atoms with Crippen LogP contribution < -0.4 is 10.6 Å². The van der Waals surface area contributed by atoms with E-state index in [0.29, 0.717) is 24.7 Å². The Balaban J connectivity index is 1.53. The van der Waals surface area contributed by atoms with Crippen molar-refractivity contribution in [2.24, 2.45) is 5.92 Å². The number of hydrogen-bond acceptors (Lipinski definition) is 11. The molecule has 194 valence electrons. The van der Waals surface area contributed by atoms with Gasteiger partial charge in [-0.05, 0) is 53.0 Å². The average Bonchev–Trinajstić information content (AvgIpc) is 3.38. The number of methoxy groups -OCH3 is 1. The second kappa shape index (κ2) is 9.14. The minimum Gasteiger partial charge on any atom is -0.390 e. The van der Waals surface area contributed by atoms with Crippen molar-refractivity contribution in [2.45, 2.75) is 76.4 Å². The Morgan fingerprint density at radius 2 is 1.89 bits per heavy atom. The Morgan fingerprint density at radius 1 is 1.14 bits per heavy atom. The van der Waals surface area contributed by atoms with Crippen LogP contribution in [0.5, 0.6) is 0 Å². The van der Waals surface area contributed by atoms with Gasteiger partial charge >= 0.3 is 0 Å². The summed E-state index contributed by atoms with van der Waals surface area (Å²) in [6.45, 7) is 7.74. The maximum atomic E-state index is 10.8. The molecular weight excluding hydrogens is 480 g/mol. The zero-order chi connectivity index (χ0) is 25.8. The number of fused-ring (bicyclic) bond motifs is 1. The van der Waals surface area contributed by atoms with Crippen LogP contribution >= 0.6 is 11.3 Å². The van der Waals surface area contributed by atoms with Gasteiger partial charge in [-0.25, -0.2) is 9.97 Å². The third-order valence-corrected chi connectivity index (χ3v) is 8.55. The number of hydrogen-bond donors (Lipinski definition) is 5. The van der Waals surface area contributed by atoms with Gasteiger partial charge < -0.3 is 30.7 Å². The quantitative estimate of drug-likeness (QED) is 0.304.